The van der Waals surface area contributed by atoms with Crippen molar-refractivity contribution in [3.63, 3.8) is 0 Å². The van der Waals surface area contributed by atoms with Crippen molar-refractivity contribution in [3.8, 4) is 6.07 Å². The molecule has 0 aliphatic heterocycles. The zero-order valence-corrected chi connectivity index (χ0v) is 17.5. The van der Waals surface area contributed by atoms with Gasteiger partial charge in [0.15, 0.2) is 0 Å². The molecule has 4 rings (SSSR count). The molecule has 0 saturated heterocycles. The van der Waals surface area contributed by atoms with Crippen molar-refractivity contribution in [2.75, 3.05) is 5.32 Å². The van der Waals surface area contributed by atoms with Gasteiger partial charge in [-0.05, 0) is 53.1 Å². The number of amides is 1. The van der Waals surface area contributed by atoms with Gasteiger partial charge in [0.2, 0.25) is 5.91 Å². The van der Waals surface area contributed by atoms with E-state index in [1.54, 1.807) is 18.5 Å². The molecule has 0 bridgehead atoms. The van der Waals surface area contributed by atoms with Gasteiger partial charge in [-0.3, -0.25) is 14.8 Å². The third-order valence-electron chi connectivity index (χ3n) is 5.21. The first-order valence-corrected chi connectivity index (χ1v) is 10.2. The molecule has 0 aliphatic carbocycles. The van der Waals surface area contributed by atoms with Crippen LogP contribution in [-0.2, 0) is 4.79 Å². The highest BCUT2D eigenvalue weighted by atomic mass is 16.1. The van der Waals surface area contributed by atoms with Crippen molar-refractivity contribution in [1.29, 1.82) is 5.26 Å². The average Bonchev–Trinajstić information content (AvgIpc) is 2.83. The Bertz CT molecular complexity index is 1200. The van der Waals surface area contributed by atoms with Crippen molar-refractivity contribution in [3.05, 3.63) is 119 Å². The molecule has 1 atom stereocenters. The largest absolute Gasteiger partial charge is 0.311 e. The van der Waals surface area contributed by atoms with Crippen molar-refractivity contribution < 1.29 is 4.79 Å². The predicted molar refractivity (Wildman–Crippen MR) is 122 cm³/mol. The summed E-state index contributed by atoms with van der Waals surface area (Å²) in [4.78, 5) is 25.1. The Hall–Kier alpha value is -4.37. The van der Waals surface area contributed by atoms with Crippen LogP contribution in [0.25, 0.3) is 0 Å². The number of carbonyl (C=O) groups excluding carboxylic acids is 1. The minimum atomic E-state index is -0.204. The van der Waals surface area contributed by atoms with Crippen LogP contribution in [0.3, 0.4) is 0 Å². The SMILES string of the molecule is CC(=O)Nc1cccc(C(c2ccc(C#N)cc2)C(c2cccnc2)c2cccnc2)n1. The van der Waals surface area contributed by atoms with Crippen LogP contribution in [-0.4, -0.2) is 20.9 Å². The molecule has 3 aromatic heterocycles. The summed E-state index contributed by atoms with van der Waals surface area (Å²) in [5.74, 6) is -0.0272. The van der Waals surface area contributed by atoms with Crippen LogP contribution >= 0.6 is 0 Å². The number of benzene rings is 1. The number of nitriles is 1. The van der Waals surface area contributed by atoms with E-state index < -0.39 is 0 Å². The summed E-state index contributed by atoms with van der Waals surface area (Å²) in [7, 11) is 0. The number of aromatic nitrogens is 3. The van der Waals surface area contributed by atoms with Crippen molar-refractivity contribution in [2.45, 2.75) is 18.8 Å². The first kappa shape index (κ1) is 20.9. The third kappa shape index (κ3) is 4.68. The highest BCUT2D eigenvalue weighted by Gasteiger charge is 2.30. The molecule has 0 aliphatic rings. The summed E-state index contributed by atoms with van der Waals surface area (Å²) in [5.41, 5.74) is 4.41. The van der Waals surface area contributed by atoms with Crippen LogP contribution < -0.4 is 5.32 Å². The fourth-order valence-electron chi connectivity index (χ4n) is 3.87. The number of rotatable bonds is 6. The summed E-state index contributed by atoms with van der Waals surface area (Å²) >= 11 is 0. The first-order valence-electron chi connectivity index (χ1n) is 10.2. The maximum atomic E-state index is 11.6. The Labute approximate surface area is 186 Å². The number of pyridine rings is 3. The summed E-state index contributed by atoms with van der Waals surface area (Å²) in [6, 6.07) is 23.2. The zero-order valence-electron chi connectivity index (χ0n) is 17.5. The molecular weight excluding hydrogens is 398 g/mol. The lowest BCUT2D eigenvalue weighted by Gasteiger charge is -2.28. The zero-order chi connectivity index (χ0) is 22.3. The Morgan fingerprint density at radius 3 is 2.03 bits per heavy atom. The average molecular weight is 419 g/mol. The third-order valence-corrected chi connectivity index (χ3v) is 5.21. The van der Waals surface area contributed by atoms with Crippen LogP contribution in [0.4, 0.5) is 5.82 Å². The van der Waals surface area contributed by atoms with Crippen LogP contribution in [0.1, 0.15) is 46.7 Å². The summed E-state index contributed by atoms with van der Waals surface area (Å²) in [6.07, 6.45) is 7.20. The molecule has 156 valence electrons. The lowest BCUT2D eigenvalue weighted by Crippen LogP contribution is -2.17. The minimum Gasteiger partial charge on any atom is -0.311 e. The number of nitrogens with zero attached hydrogens (tertiary/aromatic N) is 4. The highest BCUT2D eigenvalue weighted by molar-refractivity contribution is 5.87. The van der Waals surface area contributed by atoms with Crippen molar-refractivity contribution in [2.24, 2.45) is 0 Å². The Morgan fingerprint density at radius 2 is 1.50 bits per heavy atom. The van der Waals surface area contributed by atoms with Gasteiger partial charge >= 0.3 is 0 Å². The van der Waals surface area contributed by atoms with Gasteiger partial charge in [-0.15, -0.1) is 0 Å². The molecule has 6 heteroatoms. The van der Waals surface area contributed by atoms with Gasteiger partial charge in [-0.2, -0.15) is 5.26 Å². The molecule has 1 aromatic carbocycles. The molecular formula is C26H21N5O. The van der Waals surface area contributed by atoms with E-state index in [0.717, 1.165) is 22.4 Å². The maximum Gasteiger partial charge on any atom is 0.222 e. The quantitative estimate of drug-likeness (QED) is 0.490. The molecule has 1 amide bonds. The lowest BCUT2D eigenvalue weighted by atomic mass is 9.76. The highest BCUT2D eigenvalue weighted by Crippen LogP contribution is 2.42. The summed E-state index contributed by atoms with van der Waals surface area (Å²) in [5, 5.41) is 12.0. The number of hydrogen-bond acceptors (Lipinski definition) is 5. The van der Waals surface area contributed by atoms with Gasteiger partial charge in [-0.25, -0.2) is 4.98 Å². The molecule has 0 saturated carbocycles. The van der Waals surface area contributed by atoms with Crippen LogP contribution in [0.5, 0.6) is 0 Å². The Balaban J connectivity index is 1.92. The van der Waals surface area contributed by atoms with E-state index in [1.165, 1.54) is 6.92 Å². The van der Waals surface area contributed by atoms with E-state index >= 15 is 0 Å². The molecule has 3 heterocycles. The molecule has 6 nitrogen and oxygen atoms in total. The van der Waals surface area contributed by atoms with Gasteiger partial charge in [-0.1, -0.05) is 30.3 Å². The predicted octanol–water partition coefficient (Wildman–Crippen LogP) is 4.67. The van der Waals surface area contributed by atoms with E-state index in [0.29, 0.717) is 11.4 Å². The number of nitrogens with one attached hydrogen (secondary N) is 1. The van der Waals surface area contributed by atoms with Crippen LogP contribution in [0.15, 0.2) is 91.5 Å². The van der Waals surface area contributed by atoms with E-state index in [-0.39, 0.29) is 17.7 Å². The van der Waals surface area contributed by atoms with Crippen molar-refractivity contribution in [1.82, 2.24) is 15.0 Å². The van der Waals surface area contributed by atoms with Crippen LogP contribution in [0.2, 0.25) is 0 Å². The first-order chi connectivity index (χ1) is 15.7. The molecule has 1 N–H and O–H groups in total. The summed E-state index contributed by atoms with van der Waals surface area (Å²) in [6.45, 7) is 1.46. The van der Waals surface area contributed by atoms with Crippen molar-refractivity contribution >= 4 is 11.7 Å². The second kappa shape index (κ2) is 9.63. The minimum absolute atomic E-state index is 0.134. The van der Waals surface area contributed by atoms with Gasteiger partial charge < -0.3 is 5.32 Å². The van der Waals surface area contributed by atoms with Gasteiger partial charge in [0, 0.05) is 43.5 Å². The number of anilines is 1. The second-order valence-electron chi connectivity index (χ2n) is 7.39. The fourth-order valence-corrected chi connectivity index (χ4v) is 3.87. The van der Waals surface area contributed by atoms with Crippen LogP contribution in [0, 0.1) is 11.3 Å². The number of carbonyl (C=O) groups is 1. The molecule has 4 aromatic rings. The van der Waals surface area contributed by atoms with Gasteiger partial charge in [0.1, 0.15) is 5.82 Å². The van der Waals surface area contributed by atoms with E-state index in [1.807, 2.05) is 73.1 Å². The molecule has 0 spiro atoms. The summed E-state index contributed by atoms with van der Waals surface area (Å²) < 4.78 is 0. The molecule has 0 radical (unpaired) electrons. The maximum absolute atomic E-state index is 11.6. The van der Waals surface area contributed by atoms with E-state index in [2.05, 4.69) is 21.4 Å². The fraction of sp³-hybridized carbons (Fsp3) is 0.115. The Morgan fingerprint density at radius 1 is 0.844 bits per heavy atom. The second-order valence-corrected chi connectivity index (χ2v) is 7.39. The normalized spacial score (nSPS) is 11.5. The molecule has 1 unspecified atom stereocenters. The van der Waals surface area contributed by atoms with Gasteiger partial charge in [0.05, 0.1) is 17.3 Å². The smallest absolute Gasteiger partial charge is 0.222 e. The standard InChI is InChI=1S/C26H21N5O/c1-18(32)30-24-8-2-7-23(31-24)26(20-11-9-19(15-27)10-12-20)25(21-5-3-13-28-16-21)22-6-4-14-29-17-22/h2-14,16-17,25-26H,1H3,(H,30,31,32). The number of hydrogen-bond donors (Lipinski definition) is 1. The topological polar surface area (TPSA) is 91.6 Å². The molecule has 0 fully saturated rings. The van der Waals surface area contributed by atoms with E-state index in [4.69, 9.17) is 4.98 Å². The monoisotopic (exact) mass is 419 g/mol. The molecule has 32 heavy (non-hydrogen) atoms. The lowest BCUT2D eigenvalue weighted by molar-refractivity contribution is -0.114. The Kier molecular flexibility index (Phi) is 6.28. The van der Waals surface area contributed by atoms with E-state index in [9.17, 15) is 10.1 Å². The van der Waals surface area contributed by atoms with Gasteiger partial charge in [0.25, 0.3) is 0 Å².